The number of piperazine rings is 1. The van der Waals surface area contributed by atoms with Crippen LogP contribution in [-0.4, -0.2) is 59.6 Å². The van der Waals surface area contributed by atoms with Crippen molar-refractivity contribution in [3.8, 4) is 16.9 Å². The zero-order valence-electron chi connectivity index (χ0n) is 18.0. The fourth-order valence-corrected chi connectivity index (χ4v) is 3.72. The SMILES string of the molecule is CN1CCN(c2ccc(O)c(C(=O)Nc3cc(-c4ccccc4)ccc3C(=O)O)c2)CC1=O. The van der Waals surface area contributed by atoms with Gasteiger partial charge >= 0.3 is 5.97 Å². The number of rotatable bonds is 5. The van der Waals surface area contributed by atoms with Gasteiger partial charge in [0.15, 0.2) is 0 Å². The summed E-state index contributed by atoms with van der Waals surface area (Å²) in [6, 6.07) is 18.6. The number of hydrogen-bond acceptors (Lipinski definition) is 5. The average molecular weight is 445 g/mol. The molecule has 168 valence electrons. The van der Waals surface area contributed by atoms with Crippen LogP contribution in [0.5, 0.6) is 5.75 Å². The first kappa shape index (κ1) is 21.9. The zero-order chi connectivity index (χ0) is 23.5. The fraction of sp³-hybridized carbons (Fsp3) is 0.160. The standard InChI is InChI=1S/C25H23N3O5/c1-27-11-12-28(15-23(27)30)18-8-10-22(29)20(14-18)24(31)26-21-13-17(7-9-19(21)25(32)33)16-5-3-2-4-6-16/h2-10,13-14,29H,11-12,15H2,1H3,(H,26,31)(H,32,33). The van der Waals surface area contributed by atoms with E-state index in [2.05, 4.69) is 5.32 Å². The summed E-state index contributed by atoms with van der Waals surface area (Å²) in [7, 11) is 1.74. The summed E-state index contributed by atoms with van der Waals surface area (Å²) in [5, 5.41) is 22.5. The van der Waals surface area contributed by atoms with Gasteiger partial charge in [0.25, 0.3) is 5.91 Å². The number of nitrogens with zero attached hydrogens (tertiary/aromatic N) is 2. The lowest BCUT2D eigenvalue weighted by molar-refractivity contribution is -0.129. The van der Waals surface area contributed by atoms with Crippen molar-refractivity contribution in [2.24, 2.45) is 0 Å². The Bertz CT molecular complexity index is 1230. The molecule has 1 fully saturated rings. The van der Waals surface area contributed by atoms with Gasteiger partial charge in [0, 0.05) is 25.8 Å². The highest BCUT2D eigenvalue weighted by molar-refractivity contribution is 6.10. The smallest absolute Gasteiger partial charge is 0.337 e. The Morgan fingerprint density at radius 2 is 1.67 bits per heavy atom. The molecule has 1 heterocycles. The number of hydrogen-bond donors (Lipinski definition) is 3. The van der Waals surface area contributed by atoms with E-state index in [1.54, 1.807) is 30.1 Å². The van der Waals surface area contributed by atoms with Gasteiger partial charge in [-0.3, -0.25) is 9.59 Å². The van der Waals surface area contributed by atoms with Crippen molar-refractivity contribution in [1.29, 1.82) is 0 Å². The summed E-state index contributed by atoms with van der Waals surface area (Å²) in [4.78, 5) is 40.3. The first-order valence-electron chi connectivity index (χ1n) is 10.4. The molecule has 3 N–H and O–H groups in total. The number of carbonyl (C=O) groups is 3. The van der Waals surface area contributed by atoms with Gasteiger partial charge in [-0.25, -0.2) is 4.79 Å². The first-order valence-corrected chi connectivity index (χ1v) is 10.4. The second-order valence-electron chi connectivity index (χ2n) is 7.82. The summed E-state index contributed by atoms with van der Waals surface area (Å²) >= 11 is 0. The number of phenols is 1. The number of carboxylic acids is 1. The molecule has 0 bridgehead atoms. The summed E-state index contributed by atoms with van der Waals surface area (Å²) in [5.41, 5.74) is 2.27. The molecule has 4 rings (SSSR count). The van der Waals surface area contributed by atoms with Crippen molar-refractivity contribution < 1.29 is 24.6 Å². The van der Waals surface area contributed by atoms with E-state index in [4.69, 9.17) is 0 Å². The summed E-state index contributed by atoms with van der Waals surface area (Å²) in [6.45, 7) is 1.32. The lowest BCUT2D eigenvalue weighted by Crippen LogP contribution is -2.48. The molecule has 1 aliphatic heterocycles. The number of anilines is 2. The Kier molecular flexibility index (Phi) is 5.99. The average Bonchev–Trinajstić information content (AvgIpc) is 2.81. The van der Waals surface area contributed by atoms with E-state index < -0.39 is 11.9 Å². The maximum absolute atomic E-state index is 13.1. The molecule has 1 saturated heterocycles. The van der Waals surface area contributed by atoms with E-state index in [1.807, 2.05) is 35.2 Å². The molecule has 0 atom stereocenters. The Hall–Kier alpha value is -4.33. The highest BCUT2D eigenvalue weighted by atomic mass is 16.4. The van der Waals surface area contributed by atoms with Crippen LogP contribution < -0.4 is 10.2 Å². The number of aromatic hydroxyl groups is 1. The third kappa shape index (κ3) is 4.64. The van der Waals surface area contributed by atoms with Gasteiger partial charge in [0.05, 0.1) is 23.4 Å². The van der Waals surface area contributed by atoms with Crippen molar-refractivity contribution >= 4 is 29.2 Å². The monoisotopic (exact) mass is 445 g/mol. The molecule has 0 aliphatic carbocycles. The van der Waals surface area contributed by atoms with Gasteiger partial charge in [-0.05, 0) is 41.5 Å². The highest BCUT2D eigenvalue weighted by Gasteiger charge is 2.23. The van der Waals surface area contributed by atoms with Gasteiger partial charge in [0.2, 0.25) is 5.91 Å². The minimum Gasteiger partial charge on any atom is -0.507 e. The number of aromatic carboxylic acids is 1. The van der Waals surface area contributed by atoms with Crippen LogP contribution in [0.2, 0.25) is 0 Å². The van der Waals surface area contributed by atoms with Crippen LogP contribution in [0.4, 0.5) is 11.4 Å². The van der Waals surface area contributed by atoms with Gasteiger partial charge < -0.3 is 25.3 Å². The Morgan fingerprint density at radius 3 is 2.36 bits per heavy atom. The normalized spacial score (nSPS) is 13.7. The van der Waals surface area contributed by atoms with Crippen molar-refractivity contribution in [3.05, 3.63) is 77.9 Å². The van der Waals surface area contributed by atoms with Crippen LogP contribution in [0, 0.1) is 0 Å². The van der Waals surface area contributed by atoms with E-state index in [9.17, 15) is 24.6 Å². The van der Waals surface area contributed by atoms with Crippen molar-refractivity contribution in [2.75, 3.05) is 36.9 Å². The second kappa shape index (κ2) is 9.04. The molecular formula is C25H23N3O5. The van der Waals surface area contributed by atoms with Crippen LogP contribution in [0.25, 0.3) is 11.1 Å². The third-order valence-electron chi connectivity index (χ3n) is 5.65. The van der Waals surface area contributed by atoms with Crippen LogP contribution in [0.3, 0.4) is 0 Å². The largest absolute Gasteiger partial charge is 0.507 e. The summed E-state index contributed by atoms with van der Waals surface area (Å²) < 4.78 is 0. The number of benzene rings is 3. The highest BCUT2D eigenvalue weighted by Crippen LogP contribution is 2.29. The van der Waals surface area contributed by atoms with Crippen molar-refractivity contribution in [2.45, 2.75) is 0 Å². The Balaban J connectivity index is 1.64. The van der Waals surface area contributed by atoms with Gasteiger partial charge in [-0.2, -0.15) is 0 Å². The number of amides is 2. The van der Waals surface area contributed by atoms with Gasteiger partial charge in [-0.15, -0.1) is 0 Å². The zero-order valence-corrected chi connectivity index (χ0v) is 18.0. The lowest BCUT2D eigenvalue weighted by Gasteiger charge is -2.33. The third-order valence-corrected chi connectivity index (χ3v) is 5.65. The maximum atomic E-state index is 13.1. The lowest BCUT2D eigenvalue weighted by atomic mass is 10.0. The molecule has 0 aromatic heterocycles. The fourth-order valence-electron chi connectivity index (χ4n) is 3.72. The van der Waals surface area contributed by atoms with Crippen LogP contribution in [-0.2, 0) is 4.79 Å². The van der Waals surface area contributed by atoms with Crippen LogP contribution in [0.15, 0.2) is 66.7 Å². The first-order chi connectivity index (χ1) is 15.8. The molecule has 1 aliphatic rings. The summed E-state index contributed by atoms with van der Waals surface area (Å²) in [6.07, 6.45) is 0. The van der Waals surface area contributed by atoms with E-state index in [-0.39, 0.29) is 35.0 Å². The van der Waals surface area contributed by atoms with Crippen LogP contribution >= 0.6 is 0 Å². The number of carbonyl (C=O) groups excluding carboxylic acids is 2. The number of likely N-dealkylation sites (N-methyl/N-ethyl adjacent to an activating group) is 1. The minimum absolute atomic E-state index is 0.0136. The quantitative estimate of drug-likeness (QED) is 0.556. The molecule has 33 heavy (non-hydrogen) atoms. The van der Waals surface area contributed by atoms with Crippen LogP contribution in [0.1, 0.15) is 20.7 Å². The van der Waals surface area contributed by atoms with E-state index >= 15 is 0 Å². The van der Waals surface area contributed by atoms with E-state index in [0.29, 0.717) is 18.8 Å². The Labute approximate surface area is 190 Å². The van der Waals surface area contributed by atoms with Crippen molar-refractivity contribution in [1.82, 2.24) is 4.90 Å². The summed E-state index contributed by atoms with van der Waals surface area (Å²) in [5.74, 6) is -2.11. The number of carboxylic acid groups (broad SMARTS) is 1. The molecule has 0 saturated carbocycles. The molecule has 2 amide bonds. The molecule has 0 radical (unpaired) electrons. The number of nitrogens with one attached hydrogen (secondary N) is 1. The number of phenolic OH excluding ortho intramolecular Hbond substituents is 1. The van der Waals surface area contributed by atoms with Gasteiger partial charge in [-0.1, -0.05) is 36.4 Å². The molecule has 8 heteroatoms. The molecule has 8 nitrogen and oxygen atoms in total. The van der Waals surface area contributed by atoms with Gasteiger partial charge in [0.1, 0.15) is 5.75 Å². The molecule has 3 aromatic carbocycles. The maximum Gasteiger partial charge on any atom is 0.337 e. The minimum atomic E-state index is -1.18. The molecular weight excluding hydrogens is 422 g/mol. The predicted octanol–water partition coefficient (Wildman–Crippen LogP) is 3.29. The van der Waals surface area contributed by atoms with E-state index in [0.717, 1.165) is 11.1 Å². The van der Waals surface area contributed by atoms with E-state index in [1.165, 1.54) is 18.2 Å². The topological polar surface area (TPSA) is 110 Å². The second-order valence-corrected chi connectivity index (χ2v) is 7.82. The Morgan fingerprint density at radius 1 is 0.909 bits per heavy atom. The van der Waals surface area contributed by atoms with Crippen molar-refractivity contribution in [3.63, 3.8) is 0 Å². The molecule has 0 unspecified atom stereocenters. The predicted molar refractivity (Wildman–Crippen MR) is 125 cm³/mol. The molecule has 3 aromatic rings. The molecule has 0 spiro atoms.